The van der Waals surface area contributed by atoms with Crippen molar-refractivity contribution in [2.24, 2.45) is 0 Å². The molecule has 2 saturated heterocycles. The molecule has 65 heavy (non-hydrogen) atoms. The molecule has 12 N–H and O–H groups in total. The number of hydrogen-bond donors (Lipinski definition) is 12. The second-order valence-electron chi connectivity index (χ2n) is 16.0. The summed E-state index contributed by atoms with van der Waals surface area (Å²) in [5, 5.41) is 114. The van der Waals surface area contributed by atoms with Gasteiger partial charge in [-0.2, -0.15) is 0 Å². The number of carbonyl (C=O) groups is 5. The number of carboxylic acid groups (broad SMARTS) is 2. The molecule has 12 atom stereocenters. The average molecular weight is 911 g/mol. The molecule has 1 amide bonds. The largest absolute Gasteiger partial charge is 0.507 e. The maximum atomic E-state index is 14.1. The fourth-order valence-electron chi connectivity index (χ4n) is 8.54. The van der Waals surface area contributed by atoms with Crippen molar-refractivity contribution >= 4 is 29.4 Å². The van der Waals surface area contributed by atoms with Crippen LogP contribution in [0.5, 0.6) is 23.0 Å². The Kier molecular flexibility index (Phi) is 13.1. The van der Waals surface area contributed by atoms with Crippen molar-refractivity contribution < 1.29 is 98.7 Å². The number of aliphatic hydroxyl groups excluding tert-OH is 5. The summed E-state index contributed by atoms with van der Waals surface area (Å²) in [6.45, 7) is 3.43. The first-order chi connectivity index (χ1) is 30.7. The Morgan fingerprint density at radius 1 is 0.846 bits per heavy atom. The van der Waals surface area contributed by atoms with Crippen molar-refractivity contribution in [1.29, 1.82) is 0 Å². The van der Waals surface area contributed by atoms with E-state index in [1.54, 1.807) is 0 Å². The van der Waals surface area contributed by atoms with Crippen LogP contribution in [-0.2, 0) is 28.5 Å². The number of hydrogen-bond acceptors (Lipinski definition) is 19. The third kappa shape index (κ3) is 8.29. The molecule has 2 fully saturated rings. The SMILES string of the molecule is COc1cc(O)c2c(c1)C(=O)c1c(cc3c(c1O)-c1c(cc(C)c(C(=O)N[C@H](C)C(=O)O)c1O)[C@H](O[C@@H]1O[C@H](C)[C@H](NC/C=C/C(=O)O)[C@H](O[C@@H]4OC[C@@H](O)[C@H](O)[C@H]4O)[C@H]1O)[C@H]3O)C2=O. The smallest absolute Gasteiger partial charge is 0.328 e. The van der Waals surface area contributed by atoms with Gasteiger partial charge >= 0.3 is 11.9 Å². The number of ether oxygens (including phenoxy) is 5. The Bertz CT molecular complexity index is 2490. The third-order valence-electron chi connectivity index (χ3n) is 11.8. The number of benzene rings is 3. The number of amides is 1. The van der Waals surface area contributed by atoms with Gasteiger partial charge in [0.25, 0.3) is 5.91 Å². The molecular formula is C43H46N2O20. The number of carboxylic acids is 2. The highest BCUT2D eigenvalue weighted by Crippen LogP contribution is 2.57. The van der Waals surface area contributed by atoms with Gasteiger partial charge in [0.05, 0.1) is 42.6 Å². The van der Waals surface area contributed by atoms with Crippen molar-refractivity contribution in [3.8, 4) is 34.1 Å². The van der Waals surface area contributed by atoms with Crippen molar-refractivity contribution in [2.75, 3.05) is 20.3 Å². The Balaban J connectivity index is 1.35. The summed E-state index contributed by atoms with van der Waals surface area (Å²) < 4.78 is 29.1. The van der Waals surface area contributed by atoms with Crippen LogP contribution in [-0.4, -0.2) is 162 Å². The third-order valence-corrected chi connectivity index (χ3v) is 11.8. The number of carbonyl (C=O) groups excluding carboxylic acids is 3. The Morgan fingerprint density at radius 2 is 1.51 bits per heavy atom. The zero-order valence-electron chi connectivity index (χ0n) is 34.9. The minimum atomic E-state index is -1.96. The van der Waals surface area contributed by atoms with Crippen LogP contribution < -0.4 is 15.4 Å². The minimum absolute atomic E-state index is 0.00606. The number of aliphatic carboxylic acids is 2. The molecule has 7 rings (SSSR count). The van der Waals surface area contributed by atoms with Crippen LogP contribution in [0.15, 0.2) is 36.4 Å². The summed E-state index contributed by atoms with van der Waals surface area (Å²) in [5.74, 6) is -8.13. The number of phenolic OH excluding ortho intramolecular Hbond substituents is 3. The lowest BCUT2D eigenvalue weighted by Crippen LogP contribution is -2.65. The van der Waals surface area contributed by atoms with Crippen LogP contribution in [0.3, 0.4) is 0 Å². The quantitative estimate of drug-likeness (QED) is 0.0790. The number of rotatable bonds is 12. The molecule has 4 aliphatic rings. The van der Waals surface area contributed by atoms with Gasteiger partial charge in [0.2, 0.25) is 0 Å². The number of aromatic hydroxyl groups is 3. The molecule has 0 saturated carbocycles. The maximum Gasteiger partial charge on any atom is 0.328 e. The van der Waals surface area contributed by atoms with Crippen LogP contribution in [0.1, 0.15) is 84.9 Å². The first-order valence-corrected chi connectivity index (χ1v) is 20.1. The van der Waals surface area contributed by atoms with E-state index in [2.05, 4.69) is 10.6 Å². The lowest BCUT2D eigenvalue weighted by molar-refractivity contribution is -0.339. The molecule has 22 nitrogen and oxygen atoms in total. The standard InChI is InChI=1S/C43H46N2O20/c1-13-8-20-27(34(54)24(13)40(58)45-14(2)41(59)60)26-18(11-19-28(35(26)55)31(51)17-9-16(61-4)10-21(46)25(17)30(19)50)32(52)38(20)64-43-37(57)39(65-42-36(56)33(53)22(47)12-62-42)29(15(3)63-43)44-7-5-6-23(48)49/h5-6,8-11,14-15,22,29,32-33,36-39,42-44,46-47,52-57H,7,12H2,1-4H3,(H,45,58)(H,48,49)(H,59,60)/b6-5+/t14-,15-,22-,29+,32+,33+,36-,37-,38+,39+,42+,43+/m1/s1. The van der Waals surface area contributed by atoms with Gasteiger partial charge in [-0.25, -0.2) is 4.79 Å². The molecule has 2 aliphatic heterocycles. The summed E-state index contributed by atoms with van der Waals surface area (Å²) in [5.41, 5.74) is -3.77. The predicted octanol–water partition coefficient (Wildman–Crippen LogP) is -0.601. The zero-order valence-corrected chi connectivity index (χ0v) is 34.9. The molecule has 0 spiro atoms. The number of aryl methyl sites for hydroxylation is 1. The highest BCUT2D eigenvalue weighted by Gasteiger charge is 2.51. The fourth-order valence-corrected chi connectivity index (χ4v) is 8.54. The van der Waals surface area contributed by atoms with Crippen LogP contribution in [0.25, 0.3) is 11.1 Å². The molecule has 348 valence electrons. The highest BCUT2D eigenvalue weighted by molar-refractivity contribution is 6.31. The molecule has 0 unspecified atom stereocenters. The van der Waals surface area contributed by atoms with E-state index in [1.807, 2.05) is 0 Å². The van der Waals surface area contributed by atoms with Crippen LogP contribution in [0, 0.1) is 6.92 Å². The van der Waals surface area contributed by atoms with Crippen molar-refractivity contribution in [3.63, 3.8) is 0 Å². The van der Waals surface area contributed by atoms with Crippen molar-refractivity contribution in [3.05, 3.63) is 80.9 Å². The summed E-state index contributed by atoms with van der Waals surface area (Å²) in [4.78, 5) is 64.7. The molecule has 22 heteroatoms. The van der Waals surface area contributed by atoms with Crippen molar-refractivity contribution in [2.45, 2.75) is 94.3 Å². The van der Waals surface area contributed by atoms with Gasteiger partial charge in [-0.1, -0.05) is 12.1 Å². The van der Waals surface area contributed by atoms with Gasteiger partial charge in [-0.05, 0) is 49.6 Å². The average Bonchev–Trinajstić information content (AvgIpc) is 3.24. The van der Waals surface area contributed by atoms with Gasteiger partial charge < -0.3 is 85.4 Å². The van der Waals surface area contributed by atoms with E-state index in [9.17, 15) is 69.9 Å². The van der Waals surface area contributed by atoms with Crippen LogP contribution >= 0.6 is 0 Å². The van der Waals surface area contributed by atoms with Gasteiger partial charge in [0, 0.05) is 40.9 Å². The summed E-state index contributed by atoms with van der Waals surface area (Å²) >= 11 is 0. The number of ketones is 2. The Morgan fingerprint density at radius 3 is 2.17 bits per heavy atom. The van der Waals surface area contributed by atoms with E-state index in [-0.39, 0.29) is 34.5 Å². The van der Waals surface area contributed by atoms with Gasteiger partial charge in [0.1, 0.15) is 71.8 Å². The Labute approximate surface area is 367 Å². The van der Waals surface area contributed by atoms with Gasteiger partial charge in [0.15, 0.2) is 24.1 Å². The Hall–Kier alpha value is -6.05. The molecule has 3 aromatic rings. The van der Waals surface area contributed by atoms with Crippen LogP contribution in [0.2, 0.25) is 0 Å². The lowest BCUT2D eigenvalue weighted by atomic mass is 9.74. The van der Waals surface area contributed by atoms with Crippen molar-refractivity contribution in [1.82, 2.24) is 10.6 Å². The van der Waals surface area contributed by atoms with E-state index in [0.29, 0.717) is 0 Å². The van der Waals surface area contributed by atoms with Crippen LogP contribution in [0.4, 0.5) is 0 Å². The predicted molar refractivity (Wildman–Crippen MR) is 216 cm³/mol. The van der Waals surface area contributed by atoms with E-state index in [1.165, 1.54) is 46.1 Å². The topological polar surface area (TPSA) is 358 Å². The number of phenols is 3. The number of nitrogens with one attached hydrogen (secondary N) is 2. The number of fused-ring (bicyclic) bond motifs is 5. The normalized spacial score (nSPS) is 28.7. The van der Waals surface area contributed by atoms with E-state index in [0.717, 1.165) is 18.2 Å². The second kappa shape index (κ2) is 18.1. The summed E-state index contributed by atoms with van der Waals surface area (Å²) in [6, 6.07) is 2.06. The molecular weight excluding hydrogens is 864 g/mol. The summed E-state index contributed by atoms with van der Waals surface area (Å²) in [7, 11) is 1.25. The van der Waals surface area contributed by atoms with Gasteiger partial charge in [-0.15, -0.1) is 0 Å². The van der Waals surface area contributed by atoms with E-state index < -0.39 is 160 Å². The fraction of sp³-hybridized carbons (Fsp3) is 0.419. The first-order valence-electron chi connectivity index (χ1n) is 20.1. The molecule has 2 heterocycles. The minimum Gasteiger partial charge on any atom is -0.507 e. The van der Waals surface area contributed by atoms with E-state index >= 15 is 0 Å². The van der Waals surface area contributed by atoms with Gasteiger partial charge in [-0.3, -0.25) is 19.2 Å². The second-order valence-corrected chi connectivity index (χ2v) is 16.0. The maximum absolute atomic E-state index is 14.1. The highest BCUT2D eigenvalue weighted by atomic mass is 16.7. The molecule has 2 aliphatic carbocycles. The summed E-state index contributed by atoms with van der Waals surface area (Å²) in [6.07, 6.45) is -14.6. The molecule has 3 aromatic carbocycles. The lowest BCUT2D eigenvalue weighted by Gasteiger charge is -2.47. The monoisotopic (exact) mass is 910 g/mol. The van der Waals surface area contributed by atoms with E-state index in [4.69, 9.17) is 28.8 Å². The first kappa shape index (κ1) is 46.9. The molecule has 0 aromatic heterocycles. The molecule has 0 radical (unpaired) electrons. The zero-order chi connectivity index (χ0) is 47.5. The molecule has 0 bridgehead atoms. The number of aliphatic hydroxyl groups is 5. The number of methoxy groups -OCH3 is 1.